The summed E-state index contributed by atoms with van der Waals surface area (Å²) in [5.74, 6) is -5.77. The highest BCUT2D eigenvalue weighted by atomic mass is 19.1. The summed E-state index contributed by atoms with van der Waals surface area (Å²) in [7, 11) is 0. The van der Waals surface area contributed by atoms with Crippen LogP contribution in [0.2, 0.25) is 0 Å². The van der Waals surface area contributed by atoms with Crippen LogP contribution in [0.1, 0.15) is 46.0 Å². The summed E-state index contributed by atoms with van der Waals surface area (Å²) in [6, 6.07) is -1.84. The Bertz CT molecular complexity index is 1410. The zero-order chi connectivity index (χ0) is 35.1. The van der Waals surface area contributed by atoms with Gasteiger partial charge in [-0.05, 0) is 38.2 Å². The van der Waals surface area contributed by atoms with E-state index in [1.54, 1.807) is 13.0 Å². The number of allylic oxidation sites excluding steroid dienone is 4. The van der Waals surface area contributed by atoms with Crippen LogP contribution in [-0.2, 0) is 33.6 Å². The molecule has 47 heavy (non-hydrogen) atoms. The van der Waals surface area contributed by atoms with Crippen molar-refractivity contribution in [2.45, 2.75) is 81.6 Å². The van der Waals surface area contributed by atoms with Crippen molar-refractivity contribution in [3.63, 3.8) is 0 Å². The molecule has 0 aliphatic heterocycles. The van der Waals surface area contributed by atoms with Gasteiger partial charge in [-0.25, -0.2) is 9.18 Å². The topological polar surface area (TPSA) is 275 Å². The van der Waals surface area contributed by atoms with Crippen LogP contribution in [0.3, 0.4) is 0 Å². The molecule has 19 heteroatoms. The Morgan fingerprint density at radius 3 is 2.45 bits per heavy atom. The van der Waals surface area contributed by atoms with Gasteiger partial charge in [-0.3, -0.25) is 14.4 Å². The Morgan fingerprint density at radius 1 is 1.15 bits per heavy atom. The molecule has 0 bridgehead atoms. The van der Waals surface area contributed by atoms with Gasteiger partial charge in [0.2, 0.25) is 11.7 Å². The van der Waals surface area contributed by atoms with Crippen LogP contribution < -0.4 is 5.32 Å². The van der Waals surface area contributed by atoms with Crippen molar-refractivity contribution in [2.24, 2.45) is 22.7 Å². The molecule has 4 rings (SSSR count). The molecule has 1 amide bonds. The molecule has 0 saturated heterocycles. The first-order valence-electron chi connectivity index (χ1n) is 14.7. The molecule has 2 saturated carbocycles. The van der Waals surface area contributed by atoms with E-state index in [1.807, 2.05) is 5.32 Å². The highest BCUT2D eigenvalue weighted by Crippen LogP contribution is 2.69. The highest BCUT2D eigenvalue weighted by molar-refractivity contribution is 5.94. The molecular weight excluding hydrogens is 637 g/mol. The van der Waals surface area contributed by atoms with Gasteiger partial charge in [0.1, 0.15) is 12.7 Å². The van der Waals surface area contributed by atoms with Crippen LogP contribution in [-0.4, -0.2) is 109 Å². The molecule has 0 aromatic heterocycles. The number of ether oxygens (including phenoxy) is 1. The number of nitrogens with one attached hydrogen (secondary N) is 1. The van der Waals surface area contributed by atoms with Crippen molar-refractivity contribution in [3.05, 3.63) is 44.0 Å². The van der Waals surface area contributed by atoms with Crippen molar-refractivity contribution in [3.8, 4) is 0 Å². The van der Waals surface area contributed by atoms with Crippen molar-refractivity contribution >= 4 is 23.4 Å². The Balaban J connectivity index is 1.46. The minimum Gasteiger partial charge on any atom is -0.456 e. The Labute approximate surface area is 265 Å². The second-order valence-electron chi connectivity index (χ2n) is 12.8. The lowest BCUT2D eigenvalue weighted by Gasteiger charge is -2.61. The van der Waals surface area contributed by atoms with Crippen molar-refractivity contribution < 1.29 is 68.6 Å². The van der Waals surface area contributed by atoms with Crippen LogP contribution in [0, 0.1) is 42.9 Å². The van der Waals surface area contributed by atoms with Gasteiger partial charge in [0, 0.05) is 23.2 Å². The smallest absolute Gasteiger partial charge is 0.331 e. The molecule has 2 unspecified atom stereocenters. The maximum absolute atomic E-state index is 17.2. The summed E-state index contributed by atoms with van der Waals surface area (Å²) in [4.78, 5) is 79.6. The molecule has 18 nitrogen and oxygen atoms in total. The molecule has 10 atom stereocenters. The Morgan fingerprint density at radius 2 is 1.83 bits per heavy atom. The lowest BCUT2D eigenvalue weighted by Crippen LogP contribution is -2.69. The fraction of sp³-hybridized carbons (Fsp3) is 0.714. The minimum absolute atomic E-state index is 0.0188. The van der Waals surface area contributed by atoms with E-state index in [4.69, 9.17) is 4.74 Å². The number of rotatable bonds is 13. The third kappa shape index (κ3) is 5.96. The first-order valence-corrected chi connectivity index (χ1v) is 14.7. The van der Waals surface area contributed by atoms with E-state index in [9.17, 15) is 59.8 Å². The summed E-state index contributed by atoms with van der Waals surface area (Å²) >= 11 is 0. The first kappa shape index (κ1) is 35.8. The number of Topliss-reactive ketones (excluding diaryl/α,β-unsaturated/α-hetero) is 1. The van der Waals surface area contributed by atoms with Crippen LogP contribution in [0.4, 0.5) is 4.39 Å². The second-order valence-corrected chi connectivity index (χ2v) is 12.8. The standard InChI is InChI=1S/C28H36FN3O15/c1-25-6-5-15(34)7-14(25)3-4-17-18-9-20(35)28(40,26(18,2)10-21(36)27(17,25)29)22(37)13-45-24(39)19(11-33)30-23(38)8-16(47-32(43)44)12-46-31(41)42/h3,5-6,16-21,33,35-36,40H,4,7-13H2,1-2H3,(H,30,38)/t16?,17-,18-,19?,20+,21-,25-,26-,27-,28-/m0/s1. The molecule has 260 valence electrons. The van der Waals surface area contributed by atoms with Crippen LogP contribution >= 0.6 is 0 Å². The summed E-state index contributed by atoms with van der Waals surface area (Å²) in [5.41, 5.74) is -7.36. The average molecular weight is 674 g/mol. The molecule has 0 aromatic rings. The normalized spacial score (nSPS) is 36.8. The summed E-state index contributed by atoms with van der Waals surface area (Å²) in [6.07, 6.45) is -2.42. The molecule has 0 aromatic carbocycles. The fourth-order valence-electron chi connectivity index (χ4n) is 8.01. The monoisotopic (exact) mass is 673 g/mol. The van der Waals surface area contributed by atoms with Gasteiger partial charge in [-0.1, -0.05) is 24.6 Å². The van der Waals surface area contributed by atoms with Crippen LogP contribution in [0.5, 0.6) is 0 Å². The predicted molar refractivity (Wildman–Crippen MR) is 149 cm³/mol. The Hall–Kier alpha value is -4.07. The van der Waals surface area contributed by atoms with Crippen LogP contribution in [0.15, 0.2) is 23.8 Å². The zero-order valence-corrected chi connectivity index (χ0v) is 25.4. The number of esters is 1. The van der Waals surface area contributed by atoms with Crippen molar-refractivity contribution in [2.75, 3.05) is 19.8 Å². The number of nitrogens with zero attached hydrogens (tertiary/aromatic N) is 2. The molecule has 4 aliphatic rings. The predicted octanol–water partition coefficient (Wildman–Crippen LogP) is -1.18. The van der Waals surface area contributed by atoms with Crippen molar-refractivity contribution in [1.29, 1.82) is 0 Å². The van der Waals surface area contributed by atoms with E-state index in [1.165, 1.54) is 19.1 Å². The summed E-state index contributed by atoms with van der Waals surface area (Å²) in [5, 5.41) is 64.2. The number of hydrogen-bond acceptors (Lipinski definition) is 15. The van der Waals surface area contributed by atoms with Gasteiger partial charge in [0.25, 0.3) is 10.2 Å². The minimum atomic E-state index is -2.62. The molecule has 0 heterocycles. The van der Waals surface area contributed by atoms with Gasteiger partial charge in [-0.2, -0.15) is 0 Å². The third-order valence-electron chi connectivity index (χ3n) is 10.4. The number of carbonyl (C=O) groups excluding carboxylic acids is 4. The maximum Gasteiger partial charge on any atom is 0.331 e. The largest absolute Gasteiger partial charge is 0.456 e. The molecule has 5 N–H and O–H groups in total. The average Bonchev–Trinajstić information content (AvgIpc) is 3.19. The van der Waals surface area contributed by atoms with Gasteiger partial charge in [-0.15, -0.1) is 20.2 Å². The quantitative estimate of drug-likeness (QED) is 0.0666. The molecule has 2 fully saturated rings. The summed E-state index contributed by atoms with van der Waals surface area (Å²) in [6.45, 7) is -0.260. The SMILES string of the molecule is C[C@]12C=CC(=O)CC1=CC[C@H]1[C@@H]3C[C@@H](O)[C@](O)(C(=O)COC(=O)C(CO)NC(=O)CC(CO[N+](=O)[O-])O[N+](=O)[O-])[C@@]3(C)C[C@H](O)[C@@]12F. The highest BCUT2D eigenvalue weighted by Gasteiger charge is 2.76. The summed E-state index contributed by atoms with van der Waals surface area (Å²) < 4.78 is 22.2. The number of fused-ring (bicyclic) bond motifs is 5. The lowest BCUT2D eigenvalue weighted by atomic mass is 9.45. The second kappa shape index (κ2) is 12.9. The molecule has 0 radical (unpaired) electrons. The van der Waals surface area contributed by atoms with Gasteiger partial charge >= 0.3 is 5.97 Å². The number of amides is 1. The third-order valence-corrected chi connectivity index (χ3v) is 10.4. The number of aliphatic hydroxyl groups excluding tert-OH is 3. The van der Waals surface area contributed by atoms with Crippen LogP contribution in [0.25, 0.3) is 0 Å². The van der Waals surface area contributed by atoms with Crippen molar-refractivity contribution in [1.82, 2.24) is 5.32 Å². The van der Waals surface area contributed by atoms with Gasteiger partial charge in [0.05, 0.1) is 25.2 Å². The van der Waals surface area contributed by atoms with Gasteiger partial charge < -0.3 is 40.2 Å². The molecular formula is C28H36FN3O15. The number of ketones is 2. The number of aliphatic hydroxyl groups is 4. The molecule has 4 aliphatic carbocycles. The maximum atomic E-state index is 17.2. The van der Waals surface area contributed by atoms with E-state index in [0.29, 0.717) is 5.57 Å². The van der Waals surface area contributed by atoms with E-state index in [0.717, 1.165) is 0 Å². The van der Waals surface area contributed by atoms with E-state index < -0.39 is 119 Å². The molecule has 0 spiro atoms. The van der Waals surface area contributed by atoms with E-state index in [2.05, 4.69) is 9.68 Å². The number of hydrogen-bond donors (Lipinski definition) is 5. The number of carbonyl (C=O) groups is 4. The Kier molecular flexibility index (Phi) is 9.78. The van der Waals surface area contributed by atoms with Gasteiger partial charge in [0.15, 0.2) is 29.7 Å². The zero-order valence-electron chi connectivity index (χ0n) is 25.4. The first-order chi connectivity index (χ1) is 21.8. The van der Waals surface area contributed by atoms with E-state index in [-0.39, 0.29) is 25.0 Å². The number of alkyl halides is 1. The number of halogens is 1. The fourth-order valence-corrected chi connectivity index (χ4v) is 8.01. The van der Waals surface area contributed by atoms with E-state index >= 15 is 4.39 Å². The lowest BCUT2D eigenvalue weighted by molar-refractivity contribution is -0.789.